The summed E-state index contributed by atoms with van der Waals surface area (Å²) in [6, 6.07) is 6.04. The molecule has 0 aliphatic carbocycles. The predicted molar refractivity (Wildman–Crippen MR) is 54.8 cm³/mol. The van der Waals surface area contributed by atoms with E-state index < -0.39 is 11.9 Å². The van der Waals surface area contributed by atoms with E-state index in [2.05, 4.69) is 0 Å². The van der Waals surface area contributed by atoms with Crippen LogP contribution >= 0.6 is 24.0 Å². The molecule has 1 atom stereocenters. The largest absolute Gasteiger partial charge is 0.368 e. The Morgan fingerprint density at radius 2 is 1.92 bits per heavy atom. The lowest BCUT2D eigenvalue weighted by Gasteiger charge is -2.08. The highest BCUT2D eigenvalue weighted by atomic mass is 35.5. The Morgan fingerprint density at radius 1 is 1.38 bits per heavy atom. The average molecular weight is 221 g/mol. The molecule has 5 heteroatoms. The van der Waals surface area contributed by atoms with Crippen molar-refractivity contribution in [1.29, 1.82) is 0 Å². The van der Waals surface area contributed by atoms with Crippen molar-refractivity contribution in [3.8, 4) is 0 Å². The fourth-order valence-electron chi connectivity index (χ4n) is 0.881. The van der Waals surface area contributed by atoms with Gasteiger partial charge < -0.3 is 11.5 Å². The maximum atomic E-state index is 10.7. The number of carbonyl (C=O) groups is 1. The molecule has 0 aliphatic heterocycles. The van der Waals surface area contributed by atoms with Crippen molar-refractivity contribution >= 4 is 29.9 Å². The van der Waals surface area contributed by atoms with Crippen molar-refractivity contribution in [2.75, 3.05) is 0 Å². The van der Waals surface area contributed by atoms with Crippen molar-refractivity contribution in [1.82, 2.24) is 0 Å². The van der Waals surface area contributed by atoms with Gasteiger partial charge in [0.1, 0.15) is 6.04 Å². The first-order valence-corrected chi connectivity index (χ1v) is 3.80. The van der Waals surface area contributed by atoms with Crippen molar-refractivity contribution in [3.63, 3.8) is 0 Å². The van der Waals surface area contributed by atoms with Crippen LogP contribution in [0.3, 0.4) is 0 Å². The van der Waals surface area contributed by atoms with Crippen molar-refractivity contribution in [3.05, 3.63) is 34.9 Å². The van der Waals surface area contributed by atoms with Gasteiger partial charge in [-0.15, -0.1) is 12.4 Å². The number of rotatable bonds is 2. The van der Waals surface area contributed by atoms with E-state index >= 15 is 0 Å². The summed E-state index contributed by atoms with van der Waals surface area (Å²) in [4.78, 5) is 10.7. The second-order valence-corrected chi connectivity index (χ2v) is 2.81. The number of primary amides is 1. The molecule has 1 aromatic carbocycles. The van der Waals surface area contributed by atoms with Crippen LogP contribution in [0, 0.1) is 0 Å². The summed E-state index contributed by atoms with van der Waals surface area (Å²) < 4.78 is 0. The summed E-state index contributed by atoms with van der Waals surface area (Å²) in [6.45, 7) is 0. The van der Waals surface area contributed by atoms with Crippen LogP contribution in [0.2, 0.25) is 5.02 Å². The number of amides is 1. The Labute approximate surface area is 87.5 Å². The molecular formula is C8H10Cl2N2O. The highest BCUT2D eigenvalue weighted by Gasteiger charge is 2.14. The third-order valence-electron chi connectivity index (χ3n) is 1.55. The minimum Gasteiger partial charge on any atom is -0.368 e. The van der Waals surface area contributed by atoms with Crippen LogP contribution in [-0.4, -0.2) is 5.91 Å². The van der Waals surface area contributed by atoms with Gasteiger partial charge in [-0.25, -0.2) is 0 Å². The number of hydrogen-bond donors (Lipinski definition) is 2. The van der Waals surface area contributed by atoms with Crippen molar-refractivity contribution in [2.24, 2.45) is 11.5 Å². The molecule has 0 saturated heterocycles. The molecule has 0 unspecified atom stereocenters. The van der Waals surface area contributed by atoms with E-state index in [1.54, 1.807) is 24.3 Å². The number of carbonyl (C=O) groups excluding carboxylic acids is 1. The zero-order chi connectivity index (χ0) is 9.14. The van der Waals surface area contributed by atoms with Gasteiger partial charge in [0.05, 0.1) is 0 Å². The Balaban J connectivity index is 0.00000144. The molecule has 72 valence electrons. The summed E-state index contributed by atoms with van der Waals surface area (Å²) in [5.74, 6) is -0.580. The standard InChI is InChI=1S/C8H9ClN2O.ClH/c9-6-4-2-1-3-5(6)7(10)8(11)12;/h1-4,7H,10H2,(H2,11,12);1H/t7-;/m0./s1. The van der Waals surface area contributed by atoms with Crippen LogP contribution in [0.15, 0.2) is 24.3 Å². The zero-order valence-corrected chi connectivity index (χ0v) is 8.31. The Kier molecular flexibility index (Phi) is 4.77. The quantitative estimate of drug-likeness (QED) is 0.788. The van der Waals surface area contributed by atoms with Gasteiger partial charge in [0, 0.05) is 5.02 Å². The minimum absolute atomic E-state index is 0. The van der Waals surface area contributed by atoms with Crippen molar-refractivity contribution in [2.45, 2.75) is 6.04 Å². The zero-order valence-electron chi connectivity index (χ0n) is 6.74. The second kappa shape index (κ2) is 5.07. The summed E-state index contributed by atoms with van der Waals surface area (Å²) in [5.41, 5.74) is 11.1. The van der Waals surface area contributed by atoms with Gasteiger partial charge in [0.15, 0.2) is 0 Å². The van der Waals surface area contributed by atoms with Gasteiger partial charge in [0.2, 0.25) is 5.91 Å². The van der Waals surface area contributed by atoms with Crippen molar-refractivity contribution < 1.29 is 4.79 Å². The van der Waals surface area contributed by atoms with Crippen LogP contribution in [0.5, 0.6) is 0 Å². The Hall–Kier alpha value is -0.770. The monoisotopic (exact) mass is 220 g/mol. The van der Waals surface area contributed by atoms with Crippen LogP contribution < -0.4 is 11.5 Å². The molecule has 0 saturated carbocycles. The lowest BCUT2D eigenvalue weighted by atomic mass is 10.1. The van der Waals surface area contributed by atoms with Crippen LogP contribution in [0.4, 0.5) is 0 Å². The molecule has 0 aromatic heterocycles. The number of benzene rings is 1. The molecule has 1 rings (SSSR count). The lowest BCUT2D eigenvalue weighted by molar-refractivity contribution is -0.119. The van der Waals surface area contributed by atoms with E-state index in [4.69, 9.17) is 23.1 Å². The van der Waals surface area contributed by atoms with Crippen LogP contribution in [0.25, 0.3) is 0 Å². The van der Waals surface area contributed by atoms with E-state index in [9.17, 15) is 4.79 Å². The summed E-state index contributed by atoms with van der Waals surface area (Å²) in [7, 11) is 0. The lowest BCUT2D eigenvalue weighted by Crippen LogP contribution is -2.28. The van der Waals surface area contributed by atoms with Gasteiger partial charge >= 0.3 is 0 Å². The maximum Gasteiger partial charge on any atom is 0.238 e. The average Bonchev–Trinajstić information content (AvgIpc) is 2.04. The van der Waals surface area contributed by atoms with E-state index in [0.717, 1.165) is 0 Å². The molecule has 0 spiro atoms. The minimum atomic E-state index is -0.821. The van der Waals surface area contributed by atoms with Gasteiger partial charge in [-0.1, -0.05) is 29.8 Å². The van der Waals surface area contributed by atoms with Gasteiger partial charge in [-0.2, -0.15) is 0 Å². The molecule has 4 N–H and O–H groups in total. The first-order chi connectivity index (χ1) is 5.63. The number of nitrogens with two attached hydrogens (primary N) is 2. The highest BCUT2D eigenvalue weighted by molar-refractivity contribution is 6.31. The third kappa shape index (κ3) is 2.88. The number of halogens is 2. The van der Waals surface area contributed by atoms with E-state index in [0.29, 0.717) is 10.6 Å². The first-order valence-electron chi connectivity index (χ1n) is 3.42. The molecule has 1 amide bonds. The molecular weight excluding hydrogens is 211 g/mol. The third-order valence-corrected chi connectivity index (χ3v) is 1.89. The van der Waals surface area contributed by atoms with Crippen LogP contribution in [0.1, 0.15) is 11.6 Å². The molecule has 0 radical (unpaired) electrons. The predicted octanol–water partition coefficient (Wildman–Crippen LogP) is 1.25. The normalized spacial score (nSPS) is 11.5. The maximum absolute atomic E-state index is 10.7. The highest BCUT2D eigenvalue weighted by Crippen LogP contribution is 2.20. The van der Waals surface area contributed by atoms with Crippen LogP contribution in [-0.2, 0) is 4.79 Å². The Morgan fingerprint density at radius 3 is 2.38 bits per heavy atom. The fourth-order valence-corrected chi connectivity index (χ4v) is 1.13. The summed E-state index contributed by atoms with van der Waals surface area (Å²) >= 11 is 5.78. The molecule has 0 heterocycles. The molecule has 0 aliphatic rings. The summed E-state index contributed by atoms with van der Waals surface area (Å²) in [6.07, 6.45) is 0. The smallest absolute Gasteiger partial charge is 0.238 e. The van der Waals surface area contributed by atoms with Gasteiger partial charge in [-0.05, 0) is 11.6 Å². The van der Waals surface area contributed by atoms with E-state index in [1.807, 2.05) is 0 Å². The topological polar surface area (TPSA) is 69.1 Å². The fraction of sp³-hybridized carbons (Fsp3) is 0.125. The first kappa shape index (κ1) is 12.2. The van der Waals surface area contributed by atoms with E-state index in [1.165, 1.54) is 0 Å². The van der Waals surface area contributed by atoms with Gasteiger partial charge in [-0.3, -0.25) is 4.79 Å². The van der Waals surface area contributed by atoms with Gasteiger partial charge in [0.25, 0.3) is 0 Å². The Bertz CT molecular complexity index is 304. The number of hydrogen-bond acceptors (Lipinski definition) is 2. The molecule has 13 heavy (non-hydrogen) atoms. The molecule has 0 fully saturated rings. The van der Waals surface area contributed by atoms with E-state index in [-0.39, 0.29) is 12.4 Å². The molecule has 3 nitrogen and oxygen atoms in total. The summed E-state index contributed by atoms with van der Waals surface area (Å²) in [5, 5.41) is 0.462. The molecule has 1 aromatic rings. The SMILES string of the molecule is Cl.NC(=O)[C@@H](N)c1ccccc1Cl. The second-order valence-electron chi connectivity index (χ2n) is 2.40. The molecule has 0 bridgehead atoms.